The Morgan fingerprint density at radius 1 is 0.912 bits per heavy atom. The Balaban J connectivity index is 1.72. The van der Waals surface area contributed by atoms with E-state index in [2.05, 4.69) is 29.4 Å². The largest absolute Gasteiger partial charge is 0.493 e. The van der Waals surface area contributed by atoms with E-state index in [4.69, 9.17) is 18.9 Å². The molecule has 7 heteroatoms. The summed E-state index contributed by atoms with van der Waals surface area (Å²) in [6.45, 7) is 0.935. The lowest BCUT2D eigenvalue weighted by molar-refractivity contribution is -0.119. The van der Waals surface area contributed by atoms with E-state index in [1.165, 1.54) is 11.1 Å². The molecule has 0 radical (unpaired) electrons. The first kappa shape index (κ1) is 24.2. The molecule has 1 amide bonds. The van der Waals surface area contributed by atoms with Crippen molar-refractivity contribution in [1.29, 1.82) is 0 Å². The van der Waals surface area contributed by atoms with Crippen LogP contribution in [0.15, 0.2) is 24.3 Å². The molecular weight excluding hydrogens is 432 g/mol. The number of amides is 1. The third-order valence-corrected chi connectivity index (χ3v) is 7.28. The number of likely N-dealkylation sites (N-methyl/N-ethyl adjacent to an activating group) is 1. The number of benzene rings is 2. The SMILES string of the molecule is COc1cc(C[C@H]2c3cc(OC)c(OC)cc3CCN2C)c(NC(=O)C2CCCC2)cc1OC. The minimum Gasteiger partial charge on any atom is -0.493 e. The Bertz CT molecular complexity index is 1030. The van der Waals surface area contributed by atoms with Crippen LogP contribution in [0, 0.1) is 5.92 Å². The Hall–Kier alpha value is -2.93. The molecule has 34 heavy (non-hydrogen) atoms. The number of fused-ring (bicyclic) bond motifs is 1. The number of methoxy groups -OCH3 is 4. The predicted molar refractivity (Wildman–Crippen MR) is 132 cm³/mol. The zero-order valence-electron chi connectivity index (χ0n) is 20.9. The van der Waals surface area contributed by atoms with Crippen molar-refractivity contribution in [3.63, 3.8) is 0 Å². The van der Waals surface area contributed by atoms with Gasteiger partial charge in [-0.05, 0) is 67.6 Å². The number of rotatable bonds is 8. The molecule has 1 N–H and O–H groups in total. The van der Waals surface area contributed by atoms with E-state index in [9.17, 15) is 4.79 Å². The van der Waals surface area contributed by atoms with Gasteiger partial charge >= 0.3 is 0 Å². The second-order valence-corrected chi connectivity index (χ2v) is 9.19. The molecule has 4 rings (SSSR count). The fraction of sp³-hybridized carbons (Fsp3) is 0.519. The van der Waals surface area contributed by atoms with E-state index >= 15 is 0 Å². The summed E-state index contributed by atoms with van der Waals surface area (Å²) in [6.07, 6.45) is 5.79. The van der Waals surface area contributed by atoms with Crippen molar-refractivity contribution in [2.24, 2.45) is 5.92 Å². The van der Waals surface area contributed by atoms with Crippen LogP contribution >= 0.6 is 0 Å². The van der Waals surface area contributed by atoms with Crippen molar-refractivity contribution >= 4 is 11.6 Å². The van der Waals surface area contributed by atoms with E-state index in [-0.39, 0.29) is 17.9 Å². The number of nitrogens with one attached hydrogen (secondary N) is 1. The molecule has 0 saturated heterocycles. The van der Waals surface area contributed by atoms with E-state index in [1.807, 2.05) is 12.1 Å². The zero-order valence-corrected chi connectivity index (χ0v) is 20.9. The van der Waals surface area contributed by atoms with Crippen LogP contribution < -0.4 is 24.3 Å². The van der Waals surface area contributed by atoms with Crippen molar-refractivity contribution in [3.05, 3.63) is 41.0 Å². The summed E-state index contributed by atoms with van der Waals surface area (Å²) < 4.78 is 22.3. The third kappa shape index (κ3) is 4.80. The molecule has 1 atom stereocenters. The number of nitrogens with zero attached hydrogens (tertiary/aromatic N) is 1. The monoisotopic (exact) mass is 468 g/mol. The molecule has 0 unspecified atom stereocenters. The molecule has 1 aliphatic carbocycles. The van der Waals surface area contributed by atoms with Crippen LogP contribution in [0.4, 0.5) is 5.69 Å². The summed E-state index contributed by atoms with van der Waals surface area (Å²) in [5.41, 5.74) is 4.28. The molecule has 1 saturated carbocycles. The standard InChI is InChI=1S/C27H36N2O5/c1-29-11-10-18-13-23(31-2)25(33-4)15-20(18)22(29)12-19-14-24(32-3)26(34-5)16-21(19)28-27(30)17-8-6-7-9-17/h13-17,22H,6-12H2,1-5H3,(H,28,30)/t22-/m0/s1. The van der Waals surface area contributed by atoms with Crippen molar-refractivity contribution in [2.45, 2.75) is 44.6 Å². The fourth-order valence-corrected chi connectivity index (χ4v) is 5.26. The summed E-state index contributed by atoms with van der Waals surface area (Å²) in [6, 6.07) is 8.17. The number of carbonyl (C=O) groups excluding carboxylic acids is 1. The molecule has 184 valence electrons. The lowest BCUT2D eigenvalue weighted by Gasteiger charge is -2.36. The third-order valence-electron chi connectivity index (χ3n) is 7.28. The minimum absolute atomic E-state index is 0.0794. The fourth-order valence-electron chi connectivity index (χ4n) is 5.26. The smallest absolute Gasteiger partial charge is 0.227 e. The Morgan fingerprint density at radius 2 is 1.50 bits per heavy atom. The highest BCUT2D eigenvalue weighted by atomic mass is 16.5. The maximum Gasteiger partial charge on any atom is 0.227 e. The molecule has 1 fully saturated rings. The predicted octanol–water partition coefficient (Wildman–Crippen LogP) is 4.62. The minimum atomic E-state index is 0.0794. The van der Waals surface area contributed by atoms with E-state index in [1.54, 1.807) is 28.4 Å². The van der Waals surface area contributed by atoms with Crippen LogP contribution in [0.3, 0.4) is 0 Å². The topological polar surface area (TPSA) is 69.3 Å². The van der Waals surface area contributed by atoms with Crippen LogP contribution in [0.1, 0.15) is 48.4 Å². The number of hydrogen-bond acceptors (Lipinski definition) is 6. The summed E-state index contributed by atoms with van der Waals surface area (Å²) in [5, 5.41) is 3.21. The summed E-state index contributed by atoms with van der Waals surface area (Å²) in [5.74, 6) is 2.91. The number of carbonyl (C=O) groups is 1. The van der Waals surface area contributed by atoms with Gasteiger partial charge in [-0.3, -0.25) is 9.69 Å². The van der Waals surface area contributed by atoms with Gasteiger partial charge in [-0.15, -0.1) is 0 Å². The maximum atomic E-state index is 13.0. The van der Waals surface area contributed by atoms with Gasteiger partial charge in [-0.1, -0.05) is 12.8 Å². The van der Waals surface area contributed by atoms with Gasteiger partial charge in [-0.2, -0.15) is 0 Å². The Labute approximate surface area is 202 Å². The van der Waals surface area contributed by atoms with Gasteiger partial charge in [0.2, 0.25) is 5.91 Å². The van der Waals surface area contributed by atoms with Crippen molar-refractivity contribution in [1.82, 2.24) is 4.90 Å². The lowest BCUT2D eigenvalue weighted by Crippen LogP contribution is -2.33. The number of anilines is 1. The van der Waals surface area contributed by atoms with Gasteiger partial charge in [-0.25, -0.2) is 0 Å². The first-order chi connectivity index (χ1) is 16.5. The van der Waals surface area contributed by atoms with Gasteiger partial charge in [0.1, 0.15) is 0 Å². The van der Waals surface area contributed by atoms with Gasteiger partial charge < -0.3 is 24.3 Å². The van der Waals surface area contributed by atoms with Crippen LogP contribution in [-0.4, -0.2) is 52.8 Å². The highest BCUT2D eigenvalue weighted by Gasteiger charge is 2.29. The highest BCUT2D eigenvalue weighted by molar-refractivity contribution is 5.94. The molecule has 0 spiro atoms. The molecule has 0 aromatic heterocycles. The average Bonchev–Trinajstić information content (AvgIpc) is 3.40. The van der Waals surface area contributed by atoms with E-state index in [0.717, 1.165) is 61.4 Å². The van der Waals surface area contributed by atoms with Crippen molar-refractivity contribution in [3.8, 4) is 23.0 Å². The Morgan fingerprint density at radius 3 is 2.15 bits per heavy atom. The molecule has 1 heterocycles. The van der Waals surface area contributed by atoms with E-state index in [0.29, 0.717) is 17.9 Å². The van der Waals surface area contributed by atoms with Gasteiger partial charge in [0.05, 0.1) is 28.4 Å². The normalized spacial score (nSPS) is 18.3. The van der Waals surface area contributed by atoms with Crippen molar-refractivity contribution in [2.75, 3.05) is 47.3 Å². The van der Waals surface area contributed by atoms with Gasteiger partial charge in [0.15, 0.2) is 23.0 Å². The van der Waals surface area contributed by atoms with Crippen LogP contribution in [-0.2, 0) is 17.6 Å². The van der Waals surface area contributed by atoms with Crippen LogP contribution in [0.5, 0.6) is 23.0 Å². The molecule has 2 aliphatic rings. The van der Waals surface area contributed by atoms with Gasteiger partial charge in [0, 0.05) is 30.3 Å². The second kappa shape index (κ2) is 10.6. The van der Waals surface area contributed by atoms with Crippen LogP contribution in [0.2, 0.25) is 0 Å². The van der Waals surface area contributed by atoms with Crippen molar-refractivity contribution < 1.29 is 23.7 Å². The van der Waals surface area contributed by atoms with E-state index < -0.39 is 0 Å². The molecule has 2 aromatic carbocycles. The lowest BCUT2D eigenvalue weighted by atomic mass is 9.88. The molecular formula is C27H36N2O5. The molecule has 1 aliphatic heterocycles. The molecule has 0 bridgehead atoms. The summed E-state index contributed by atoms with van der Waals surface area (Å²) >= 11 is 0. The summed E-state index contributed by atoms with van der Waals surface area (Å²) in [7, 11) is 8.72. The van der Waals surface area contributed by atoms with Gasteiger partial charge in [0.25, 0.3) is 0 Å². The first-order valence-electron chi connectivity index (χ1n) is 12.0. The number of ether oxygens (including phenoxy) is 4. The Kier molecular flexibility index (Phi) is 7.51. The molecule has 7 nitrogen and oxygen atoms in total. The first-order valence-corrected chi connectivity index (χ1v) is 12.0. The average molecular weight is 469 g/mol. The molecule has 2 aromatic rings. The quantitative estimate of drug-likeness (QED) is 0.610. The number of hydrogen-bond donors (Lipinski definition) is 1. The maximum absolute atomic E-state index is 13.0. The van der Waals surface area contributed by atoms with Crippen LogP contribution in [0.25, 0.3) is 0 Å². The second-order valence-electron chi connectivity index (χ2n) is 9.19. The zero-order chi connectivity index (χ0) is 24.2. The summed E-state index contributed by atoms with van der Waals surface area (Å²) in [4.78, 5) is 15.4. The highest BCUT2D eigenvalue weighted by Crippen LogP contribution is 2.42.